The number of hydrogen-bond donors (Lipinski definition) is 2. The van der Waals surface area contributed by atoms with Gasteiger partial charge in [0.05, 0.1) is 16.3 Å². The Morgan fingerprint density at radius 2 is 2.11 bits per heavy atom. The van der Waals surface area contributed by atoms with Crippen molar-refractivity contribution in [2.75, 3.05) is 5.43 Å². The van der Waals surface area contributed by atoms with Gasteiger partial charge in [-0.15, -0.1) is 10.2 Å². The highest BCUT2D eigenvalue weighted by Crippen LogP contribution is 2.30. The molecule has 0 bridgehead atoms. The number of alkyl halides is 3. The number of nitrogens with zero attached hydrogens (tertiary/aromatic N) is 3. The van der Waals surface area contributed by atoms with Crippen LogP contribution in [0.2, 0.25) is 0 Å². The van der Waals surface area contributed by atoms with Crippen LogP contribution in [-0.2, 0) is 11.9 Å². The number of hydrazine groups is 1. The third kappa shape index (κ3) is 3.78. The standard InChI is InChI=1S/C9H8F3N5S2/c10-9(11,12)5-1-2-6(14-3-5)18-4-7-16-17-8(15-13)19-7/h1-3H,4,13H2,(H,15,17). The number of pyridine rings is 1. The normalized spacial score (nSPS) is 11.6. The van der Waals surface area contributed by atoms with E-state index < -0.39 is 11.7 Å². The average molecular weight is 307 g/mol. The molecule has 2 aromatic heterocycles. The van der Waals surface area contributed by atoms with Crippen molar-refractivity contribution in [2.45, 2.75) is 17.0 Å². The van der Waals surface area contributed by atoms with Crippen molar-refractivity contribution in [1.29, 1.82) is 0 Å². The first-order valence-corrected chi connectivity index (χ1v) is 6.74. The van der Waals surface area contributed by atoms with Gasteiger partial charge in [-0.2, -0.15) is 13.2 Å². The maximum atomic E-state index is 12.3. The molecule has 0 spiro atoms. The lowest BCUT2D eigenvalue weighted by molar-refractivity contribution is -0.137. The number of nitrogens with one attached hydrogen (secondary N) is 1. The van der Waals surface area contributed by atoms with Crippen LogP contribution in [-0.4, -0.2) is 15.2 Å². The number of halogens is 3. The topological polar surface area (TPSA) is 76.7 Å². The molecule has 0 aliphatic rings. The van der Waals surface area contributed by atoms with E-state index >= 15 is 0 Å². The van der Waals surface area contributed by atoms with Gasteiger partial charge in [-0.25, -0.2) is 10.8 Å². The van der Waals surface area contributed by atoms with Crippen LogP contribution in [0.4, 0.5) is 18.3 Å². The van der Waals surface area contributed by atoms with Crippen molar-refractivity contribution in [3.63, 3.8) is 0 Å². The highest BCUT2D eigenvalue weighted by Gasteiger charge is 2.30. The molecule has 0 saturated carbocycles. The fourth-order valence-corrected chi connectivity index (χ4v) is 2.62. The second-order valence-corrected chi connectivity index (χ2v) is 5.37. The fourth-order valence-electron chi connectivity index (χ4n) is 1.14. The van der Waals surface area contributed by atoms with Crippen LogP contribution in [0, 0.1) is 0 Å². The highest BCUT2D eigenvalue weighted by atomic mass is 32.2. The van der Waals surface area contributed by atoms with Gasteiger partial charge in [0, 0.05) is 6.20 Å². The van der Waals surface area contributed by atoms with Gasteiger partial charge >= 0.3 is 6.18 Å². The van der Waals surface area contributed by atoms with Crippen LogP contribution >= 0.6 is 23.1 Å². The summed E-state index contributed by atoms with van der Waals surface area (Å²) in [5.41, 5.74) is 1.60. The first-order chi connectivity index (χ1) is 8.99. The van der Waals surface area contributed by atoms with Gasteiger partial charge in [-0.1, -0.05) is 23.1 Å². The smallest absolute Gasteiger partial charge is 0.298 e. The number of nitrogens with two attached hydrogens (primary N) is 1. The summed E-state index contributed by atoms with van der Waals surface area (Å²) in [6.07, 6.45) is -3.55. The van der Waals surface area contributed by atoms with E-state index in [1.807, 2.05) is 0 Å². The lowest BCUT2D eigenvalue weighted by Gasteiger charge is -2.06. The molecule has 2 rings (SSSR count). The Morgan fingerprint density at radius 1 is 1.32 bits per heavy atom. The maximum Gasteiger partial charge on any atom is 0.417 e. The zero-order chi connectivity index (χ0) is 13.9. The largest absolute Gasteiger partial charge is 0.417 e. The highest BCUT2D eigenvalue weighted by molar-refractivity contribution is 7.98. The van der Waals surface area contributed by atoms with Crippen LogP contribution in [0.3, 0.4) is 0 Å². The minimum Gasteiger partial charge on any atom is -0.298 e. The SMILES string of the molecule is NNc1nnc(CSc2ccc(C(F)(F)F)cn2)s1. The zero-order valence-electron chi connectivity index (χ0n) is 9.31. The molecule has 0 amide bonds. The van der Waals surface area contributed by atoms with Crippen LogP contribution in [0.1, 0.15) is 10.6 Å². The van der Waals surface area contributed by atoms with E-state index in [0.717, 1.165) is 12.3 Å². The summed E-state index contributed by atoms with van der Waals surface area (Å²) in [6.45, 7) is 0. The average Bonchev–Trinajstić information content (AvgIpc) is 2.84. The van der Waals surface area contributed by atoms with Gasteiger partial charge in [0.1, 0.15) is 5.01 Å². The Morgan fingerprint density at radius 3 is 2.63 bits per heavy atom. The summed E-state index contributed by atoms with van der Waals surface area (Å²) in [4.78, 5) is 3.75. The van der Waals surface area contributed by atoms with E-state index in [4.69, 9.17) is 5.84 Å². The first-order valence-electron chi connectivity index (χ1n) is 4.94. The van der Waals surface area contributed by atoms with Crippen molar-refractivity contribution in [1.82, 2.24) is 15.2 Å². The number of aromatic nitrogens is 3. The lowest BCUT2D eigenvalue weighted by atomic mass is 10.3. The Labute approximate surface area is 114 Å². The van der Waals surface area contributed by atoms with E-state index in [9.17, 15) is 13.2 Å². The van der Waals surface area contributed by atoms with Crippen molar-refractivity contribution in [3.8, 4) is 0 Å². The van der Waals surface area contributed by atoms with E-state index in [2.05, 4.69) is 20.6 Å². The van der Waals surface area contributed by atoms with E-state index in [0.29, 0.717) is 20.9 Å². The van der Waals surface area contributed by atoms with Gasteiger partial charge < -0.3 is 0 Å². The molecular weight excluding hydrogens is 299 g/mol. The second-order valence-electron chi connectivity index (χ2n) is 3.32. The van der Waals surface area contributed by atoms with E-state index in [1.54, 1.807) is 0 Å². The van der Waals surface area contributed by atoms with E-state index in [-0.39, 0.29) is 0 Å². The Bertz CT molecular complexity index is 540. The minimum atomic E-state index is -4.36. The van der Waals surface area contributed by atoms with Crippen molar-refractivity contribution < 1.29 is 13.2 Å². The van der Waals surface area contributed by atoms with Gasteiger partial charge in [0.2, 0.25) is 5.13 Å². The van der Waals surface area contributed by atoms with E-state index in [1.165, 1.54) is 29.2 Å². The van der Waals surface area contributed by atoms with Crippen molar-refractivity contribution in [2.24, 2.45) is 5.84 Å². The monoisotopic (exact) mass is 307 g/mol. The summed E-state index contributed by atoms with van der Waals surface area (Å²) in [5.74, 6) is 5.63. The third-order valence-electron chi connectivity index (χ3n) is 2.00. The van der Waals surface area contributed by atoms with Crippen LogP contribution in [0.15, 0.2) is 23.4 Å². The minimum absolute atomic E-state index is 0.470. The molecule has 0 fully saturated rings. The lowest BCUT2D eigenvalue weighted by Crippen LogP contribution is -2.05. The quantitative estimate of drug-likeness (QED) is 0.513. The number of nitrogen functional groups attached to an aromatic ring is 1. The molecule has 0 aliphatic carbocycles. The second kappa shape index (κ2) is 5.72. The summed E-state index contributed by atoms with van der Waals surface area (Å²) < 4.78 is 37.0. The van der Waals surface area contributed by atoms with Crippen LogP contribution in [0.5, 0.6) is 0 Å². The predicted octanol–water partition coefficient (Wildman–Crippen LogP) is 2.53. The maximum absolute atomic E-state index is 12.3. The third-order valence-corrected chi connectivity index (χ3v) is 3.99. The molecule has 0 saturated heterocycles. The number of anilines is 1. The van der Waals surface area contributed by atoms with Crippen LogP contribution < -0.4 is 11.3 Å². The molecule has 102 valence electrons. The predicted molar refractivity (Wildman–Crippen MR) is 66.5 cm³/mol. The number of rotatable bonds is 4. The molecule has 2 heterocycles. The molecule has 0 atom stereocenters. The van der Waals surface area contributed by atoms with Gasteiger partial charge in [-0.3, -0.25) is 5.43 Å². The molecule has 3 N–H and O–H groups in total. The zero-order valence-corrected chi connectivity index (χ0v) is 10.9. The van der Waals surface area contributed by atoms with Gasteiger partial charge in [0.25, 0.3) is 0 Å². The molecule has 2 aromatic rings. The van der Waals surface area contributed by atoms with Gasteiger partial charge in [-0.05, 0) is 12.1 Å². The molecule has 0 unspecified atom stereocenters. The number of hydrogen-bond acceptors (Lipinski definition) is 7. The molecule has 0 radical (unpaired) electrons. The molecule has 5 nitrogen and oxygen atoms in total. The molecule has 0 aromatic carbocycles. The first kappa shape index (κ1) is 14.0. The fraction of sp³-hybridized carbons (Fsp3) is 0.222. The van der Waals surface area contributed by atoms with Gasteiger partial charge in [0.15, 0.2) is 0 Å². The van der Waals surface area contributed by atoms with Crippen LogP contribution in [0.25, 0.3) is 0 Å². The van der Waals surface area contributed by atoms with Crippen molar-refractivity contribution in [3.05, 3.63) is 28.9 Å². The summed E-state index contributed by atoms with van der Waals surface area (Å²) >= 11 is 2.55. The Balaban J connectivity index is 1.96. The molecule has 19 heavy (non-hydrogen) atoms. The number of thioether (sulfide) groups is 1. The summed E-state index contributed by atoms with van der Waals surface area (Å²) in [5, 5.41) is 9.28. The summed E-state index contributed by atoms with van der Waals surface area (Å²) in [6, 6.07) is 2.33. The Hall–Kier alpha value is -1.39. The van der Waals surface area contributed by atoms with Crippen molar-refractivity contribution >= 4 is 28.2 Å². The Kier molecular flexibility index (Phi) is 4.22. The molecule has 10 heteroatoms. The molecular formula is C9H8F3N5S2. The molecule has 0 aliphatic heterocycles. The summed E-state index contributed by atoms with van der Waals surface area (Å²) in [7, 11) is 0.